The minimum absolute atomic E-state index is 0.0340. The summed E-state index contributed by atoms with van der Waals surface area (Å²) >= 11 is 0. The van der Waals surface area contributed by atoms with Gasteiger partial charge in [-0.1, -0.05) is 13.0 Å². The lowest BCUT2D eigenvalue weighted by Crippen LogP contribution is -2.65. The van der Waals surface area contributed by atoms with Gasteiger partial charge in [0.1, 0.15) is 12.0 Å². The number of carbonyl (C=O) groups excluding carboxylic acids is 2. The number of nitrogens with one attached hydrogen (secondary N) is 2. The number of hydrogen-bond donors (Lipinski definition) is 2. The summed E-state index contributed by atoms with van der Waals surface area (Å²) in [5.74, 6) is -1.67. The predicted octanol–water partition coefficient (Wildman–Crippen LogP) is 4.73. The number of likely N-dealkylation sites (N-methyl/N-ethyl adjacent to an activating group) is 2. The van der Waals surface area contributed by atoms with E-state index in [0.717, 1.165) is 37.3 Å². The van der Waals surface area contributed by atoms with Crippen LogP contribution in [0.25, 0.3) is 0 Å². The number of rotatable bonds is 5. The van der Waals surface area contributed by atoms with Gasteiger partial charge in [-0.2, -0.15) is 13.2 Å². The normalized spacial score (nSPS) is 28.9. The van der Waals surface area contributed by atoms with Crippen molar-refractivity contribution in [3.05, 3.63) is 63.9 Å². The van der Waals surface area contributed by atoms with E-state index in [0.29, 0.717) is 49.4 Å². The monoisotopic (exact) mass is 587 g/mol. The molecule has 3 heterocycles. The summed E-state index contributed by atoms with van der Waals surface area (Å²) in [5.41, 5.74) is 1.23. The number of hydroxylamine groups is 3. The molecule has 2 amide bonds. The van der Waals surface area contributed by atoms with Gasteiger partial charge in [0.2, 0.25) is 0 Å². The zero-order valence-electron chi connectivity index (χ0n) is 24.6. The number of hydrogen-bond acceptors (Lipinski definition) is 6. The van der Waals surface area contributed by atoms with Gasteiger partial charge < -0.3 is 25.6 Å². The number of likely N-dealkylation sites (tertiary alicyclic amines) is 1. The fourth-order valence-corrected chi connectivity index (χ4v) is 6.81. The fourth-order valence-electron chi connectivity index (χ4n) is 6.81. The number of nitrogens with zero attached hydrogens (tertiary/aromatic N) is 3. The third-order valence-corrected chi connectivity index (χ3v) is 9.38. The van der Waals surface area contributed by atoms with Crippen molar-refractivity contribution in [2.24, 2.45) is 5.92 Å². The Kier molecular flexibility index (Phi) is 8.41. The van der Waals surface area contributed by atoms with E-state index in [9.17, 15) is 28.0 Å². The summed E-state index contributed by atoms with van der Waals surface area (Å²) < 4.78 is 40.6. The Morgan fingerprint density at radius 1 is 1.12 bits per heavy atom. The molecule has 5 unspecified atom stereocenters. The van der Waals surface area contributed by atoms with Gasteiger partial charge >= 0.3 is 12.1 Å². The topological polar surface area (TPSA) is 87.7 Å². The highest BCUT2D eigenvalue weighted by atomic mass is 19.4. The Bertz CT molecular complexity index is 1340. The second kappa shape index (κ2) is 11.6. The summed E-state index contributed by atoms with van der Waals surface area (Å²) in [6.45, 7) is 10.1. The van der Waals surface area contributed by atoms with Gasteiger partial charge in [0.15, 0.2) is 0 Å². The maximum absolute atomic E-state index is 13.8. The number of fused-ring (bicyclic) bond motifs is 1. The van der Waals surface area contributed by atoms with Crippen LogP contribution < -0.4 is 15.5 Å². The number of piperazine rings is 1. The molecule has 228 valence electrons. The second-order valence-corrected chi connectivity index (χ2v) is 12.2. The molecule has 3 aliphatic rings. The van der Waals surface area contributed by atoms with Crippen LogP contribution in [0.4, 0.5) is 24.5 Å². The van der Waals surface area contributed by atoms with E-state index in [-0.39, 0.29) is 23.6 Å². The van der Waals surface area contributed by atoms with Gasteiger partial charge in [0.05, 0.1) is 12.6 Å². The molecule has 3 aliphatic heterocycles. The number of anilines is 2. The number of carbonyl (C=O) groups is 2. The molecule has 5 atom stereocenters. The third kappa shape index (κ3) is 6.06. The molecule has 0 aliphatic carbocycles. The van der Waals surface area contributed by atoms with Crippen molar-refractivity contribution in [3.8, 4) is 0 Å². The maximum Gasteiger partial charge on any atom is 0.416 e. The first-order chi connectivity index (χ1) is 19.8. The van der Waals surface area contributed by atoms with Gasteiger partial charge in [0, 0.05) is 68.0 Å². The molecule has 0 aromatic heterocycles. The van der Waals surface area contributed by atoms with E-state index in [1.165, 1.54) is 13.1 Å². The van der Waals surface area contributed by atoms with Crippen LogP contribution in [0.3, 0.4) is 0 Å². The van der Waals surface area contributed by atoms with Crippen LogP contribution in [0, 0.1) is 18.0 Å². The van der Waals surface area contributed by atoms with E-state index < -0.39 is 34.1 Å². The Hall–Kier alpha value is -2.99. The lowest BCUT2D eigenvalue weighted by molar-refractivity contribution is -0.822. The average Bonchev–Trinajstić information content (AvgIpc) is 2.96. The summed E-state index contributed by atoms with van der Waals surface area (Å²) in [4.78, 5) is 31.0. The Labute approximate surface area is 245 Å². The van der Waals surface area contributed by atoms with Crippen molar-refractivity contribution >= 4 is 23.2 Å². The van der Waals surface area contributed by atoms with Gasteiger partial charge in [-0.15, -0.1) is 0 Å². The van der Waals surface area contributed by atoms with Crippen LogP contribution in [-0.2, 0) is 11.0 Å². The van der Waals surface area contributed by atoms with Gasteiger partial charge in [0.25, 0.3) is 5.91 Å². The standard InChI is InChI=1S/C31H40F3N5O3/c1-5-37-8-10-38(11-9-37)25-14-21(13-23(16-25)31(32,33)34)29(40)36-24-7-6-19(2)26(17-24)27-15-22-18-35-20(3)12-28(22)39(4,42)30(27)41/h6-7,13-14,16-17,20,22,27-28,35H,5,8-12,15,18H2,1-4H3,(H,36,40). The minimum atomic E-state index is -4.61. The van der Waals surface area contributed by atoms with Crippen LogP contribution >= 0.6 is 0 Å². The smallest absolute Gasteiger partial charge is 0.416 e. The zero-order valence-corrected chi connectivity index (χ0v) is 24.6. The van der Waals surface area contributed by atoms with Crippen LogP contribution in [0.2, 0.25) is 0 Å². The van der Waals surface area contributed by atoms with Gasteiger partial charge in [-0.05, 0) is 68.3 Å². The van der Waals surface area contributed by atoms with Crippen LogP contribution in [0.5, 0.6) is 0 Å². The highest BCUT2D eigenvalue weighted by molar-refractivity contribution is 6.05. The lowest BCUT2D eigenvalue weighted by atomic mass is 9.74. The van der Waals surface area contributed by atoms with Gasteiger partial charge in [-0.3, -0.25) is 9.44 Å². The molecule has 2 N–H and O–H groups in total. The molecule has 0 saturated carbocycles. The molecule has 2 aromatic carbocycles. The molecule has 42 heavy (non-hydrogen) atoms. The molecule has 8 nitrogen and oxygen atoms in total. The molecule has 2 aromatic rings. The van der Waals surface area contributed by atoms with Gasteiger partial charge in [-0.25, -0.2) is 4.79 Å². The Balaban J connectivity index is 1.40. The summed E-state index contributed by atoms with van der Waals surface area (Å²) in [6.07, 6.45) is -3.45. The molecule has 11 heteroatoms. The molecular formula is C31H40F3N5O3. The second-order valence-electron chi connectivity index (χ2n) is 12.2. The Morgan fingerprint density at radius 3 is 2.50 bits per heavy atom. The van der Waals surface area contributed by atoms with Crippen molar-refractivity contribution < 1.29 is 27.4 Å². The van der Waals surface area contributed by atoms with Crippen molar-refractivity contribution in [1.82, 2.24) is 10.2 Å². The molecule has 0 spiro atoms. The lowest BCUT2D eigenvalue weighted by Gasteiger charge is -2.54. The number of quaternary nitrogens is 1. The van der Waals surface area contributed by atoms with Crippen LogP contribution in [-0.4, -0.2) is 79.8 Å². The van der Waals surface area contributed by atoms with Crippen molar-refractivity contribution in [2.45, 2.75) is 57.8 Å². The number of amides is 2. The van der Waals surface area contributed by atoms with E-state index in [2.05, 4.69) is 15.5 Å². The summed E-state index contributed by atoms with van der Waals surface area (Å²) in [6, 6.07) is 8.47. The highest BCUT2D eigenvalue weighted by Gasteiger charge is 2.50. The third-order valence-electron chi connectivity index (χ3n) is 9.38. The zero-order chi connectivity index (χ0) is 30.4. The van der Waals surface area contributed by atoms with Crippen LogP contribution in [0.15, 0.2) is 36.4 Å². The number of piperidine rings is 2. The molecule has 0 bridgehead atoms. The largest absolute Gasteiger partial charge is 0.625 e. The van der Waals surface area contributed by atoms with E-state index in [4.69, 9.17) is 0 Å². The maximum atomic E-state index is 13.8. The average molecular weight is 588 g/mol. The van der Waals surface area contributed by atoms with E-state index >= 15 is 0 Å². The number of benzene rings is 2. The first-order valence-corrected chi connectivity index (χ1v) is 14.7. The fraction of sp³-hybridized carbons (Fsp3) is 0.548. The predicted molar refractivity (Wildman–Crippen MR) is 156 cm³/mol. The van der Waals surface area contributed by atoms with E-state index in [1.54, 1.807) is 18.2 Å². The molecule has 3 fully saturated rings. The molecule has 0 radical (unpaired) electrons. The number of halogens is 3. The molecule has 3 saturated heterocycles. The molecule has 5 rings (SSSR count). The van der Waals surface area contributed by atoms with Crippen molar-refractivity contribution in [2.75, 3.05) is 56.5 Å². The minimum Gasteiger partial charge on any atom is -0.625 e. The number of alkyl halides is 3. The summed E-state index contributed by atoms with van der Waals surface area (Å²) in [5, 5.41) is 19.8. The highest BCUT2D eigenvalue weighted by Crippen LogP contribution is 2.42. The van der Waals surface area contributed by atoms with Crippen LogP contribution in [0.1, 0.15) is 59.7 Å². The number of aryl methyl sites for hydroxylation is 1. The summed E-state index contributed by atoms with van der Waals surface area (Å²) in [7, 11) is 1.44. The SMILES string of the molecule is CCN1CCN(c2cc(C(=O)Nc3ccc(C)c(C4CC5CNC(C)CC5[N+](C)([O-])C4=O)c3)cc(C(F)(F)F)c2)CC1. The first kappa shape index (κ1) is 30.5. The van der Waals surface area contributed by atoms with E-state index in [1.807, 2.05) is 25.7 Å². The van der Waals surface area contributed by atoms with Crippen molar-refractivity contribution in [1.29, 1.82) is 0 Å². The van der Waals surface area contributed by atoms with Crippen molar-refractivity contribution in [3.63, 3.8) is 0 Å². The quantitative estimate of drug-likeness (QED) is 0.389. The molecular weight excluding hydrogens is 547 g/mol. The Morgan fingerprint density at radius 2 is 1.83 bits per heavy atom. The first-order valence-electron chi connectivity index (χ1n) is 14.7.